The van der Waals surface area contributed by atoms with E-state index in [9.17, 15) is 0 Å². The van der Waals surface area contributed by atoms with E-state index in [-0.39, 0.29) is 6.04 Å². The van der Waals surface area contributed by atoms with E-state index in [1.54, 1.807) is 4.90 Å². The second-order valence-corrected chi connectivity index (χ2v) is 4.05. The van der Waals surface area contributed by atoms with Gasteiger partial charge in [0.25, 0.3) is 0 Å². The number of nitrogens with zero attached hydrogens (tertiary/aromatic N) is 3. The average molecular weight is 198 g/mol. The van der Waals surface area contributed by atoms with E-state index in [1.807, 2.05) is 14.1 Å². The fraction of sp³-hybridized carbons (Fsp3) is 0.778. The lowest BCUT2D eigenvalue weighted by atomic mass is 10.1. The molecule has 5 nitrogen and oxygen atoms in total. The van der Waals surface area contributed by atoms with Gasteiger partial charge in [-0.3, -0.25) is 0 Å². The van der Waals surface area contributed by atoms with E-state index in [4.69, 9.17) is 10.2 Å². The number of rotatable bonds is 4. The first-order chi connectivity index (χ1) is 6.50. The molecule has 1 aromatic rings. The Balaban J connectivity index is 2.66. The summed E-state index contributed by atoms with van der Waals surface area (Å²) in [5, 5.41) is 7.78. The predicted octanol–water partition coefficient (Wildman–Crippen LogP) is 1.18. The molecule has 1 atom stereocenters. The van der Waals surface area contributed by atoms with Crippen LogP contribution in [0.3, 0.4) is 0 Å². The van der Waals surface area contributed by atoms with Crippen molar-refractivity contribution in [2.24, 2.45) is 11.7 Å². The van der Waals surface area contributed by atoms with Crippen molar-refractivity contribution in [2.45, 2.75) is 26.3 Å². The minimum absolute atomic E-state index is 0.156. The Morgan fingerprint density at radius 2 is 2.00 bits per heavy atom. The van der Waals surface area contributed by atoms with Crippen molar-refractivity contribution >= 4 is 6.01 Å². The third-order valence-electron chi connectivity index (χ3n) is 1.86. The Morgan fingerprint density at radius 1 is 1.36 bits per heavy atom. The Hall–Kier alpha value is -1.10. The number of hydrogen-bond donors (Lipinski definition) is 1. The van der Waals surface area contributed by atoms with Gasteiger partial charge in [-0.1, -0.05) is 18.9 Å². The lowest BCUT2D eigenvalue weighted by Gasteiger charge is -2.09. The second-order valence-electron chi connectivity index (χ2n) is 4.05. The van der Waals surface area contributed by atoms with Crippen LogP contribution in [-0.4, -0.2) is 24.3 Å². The minimum Gasteiger partial charge on any atom is -0.406 e. The highest BCUT2D eigenvalue weighted by Crippen LogP contribution is 2.19. The van der Waals surface area contributed by atoms with Gasteiger partial charge in [-0.2, -0.15) is 0 Å². The highest BCUT2D eigenvalue weighted by molar-refractivity contribution is 5.19. The summed E-state index contributed by atoms with van der Waals surface area (Å²) in [6, 6.07) is 0.343. The smallest absolute Gasteiger partial charge is 0.317 e. The molecule has 0 bridgehead atoms. The molecule has 0 aliphatic heterocycles. The topological polar surface area (TPSA) is 68.2 Å². The molecule has 0 amide bonds. The van der Waals surface area contributed by atoms with E-state index in [0.717, 1.165) is 6.42 Å². The van der Waals surface area contributed by atoms with Crippen molar-refractivity contribution in [2.75, 3.05) is 19.0 Å². The first-order valence-corrected chi connectivity index (χ1v) is 4.77. The molecule has 2 N–H and O–H groups in total. The first-order valence-electron chi connectivity index (χ1n) is 4.77. The third kappa shape index (κ3) is 2.70. The summed E-state index contributed by atoms with van der Waals surface area (Å²) in [7, 11) is 3.70. The highest BCUT2D eigenvalue weighted by Gasteiger charge is 2.16. The first kappa shape index (κ1) is 11.0. The highest BCUT2D eigenvalue weighted by atomic mass is 16.4. The SMILES string of the molecule is CC(C)CC(N)c1nnc(N(C)C)o1. The molecular formula is C9H18N4O. The summed E-state index contributed by atoms with van der Waals surface area (Å²) in [5.41, 5.74) is 5.89. The molecule has 1 aromatic heterocycles. The molecule has 0 aromatic carbocycles. The zero-order valence-electron chi connectivity index (χ0n) is 9.19. The van der Waals surface area contributed by atoms with Crippen molar-refractivity contribution in [1.82, 2.24) is 10.2 Å². The molecule has 0 fully saturated rings. The van der Waals surface area contributed by atoms with Crippen LogP contribution in [0.15, 0.2) is 4.42 Å². The summed E-state index contributed by atoms with van der Waals surface area (Å²) >= 11 is 0. The quantitative estimate of drug-likeness (QED) is 0.786. The molecule has 80 valence electrons. The normalized spacial score (nSPS) is 13.3. The van der Waals surface area contributed by atoms with Crippen molar-refractivity contribution in [3.63, 3.8) is 0 Å². The number of anilines is 1. The largest absolute Gasteiger partial charge is 0.406 e. The number of nitrogens with two attached hydrogens (primary N) is 1. The number of hydrogen-bond acceptors (Lipinski definition) is 5. The zero-order valence-corrected chi connectivity index (χ0v) is 9.19. The zero-order chi connectivity index (χ0) is 10.7. The second kappa shape index (κ2) is 4.41. The van der Waals surface area contributed by atoms with E-state index < -0.39 is 0 Å². The average Bonchev–Trinajstić information content (AvgIpc) is 2.50. The molecule has 0 saturated carbocycles. The van der Waals surface area contributed by atoms with Gasteiger partial charge in [0.05, 0.1) is 6.04 Å². The van der Waals surface area contributed by atoms with Crippen LogP contribution in [0.25, 0.3) is 0 Å². The van der Waals surface area contributed by atoms with E-state index >= 15 is 0 Å². The van der Waals surface area contributed by atoms with Crippen LogP contribution in [0.5, 0.6) is 0 Å². The molecule has 0 saturated heterocycles. The van der Waals surface area contributed by atoms with Gasteiger partial charge in [0.2, 0.25) is 5.89 Å². The Kier molecular flexibility index (Phi) is 3.46. The van der Waals surface area contributed by atoms with E-state index in [0.29, 0.717) is 17.8 Å². The molecule has 1 unspecified atom stereocenters. The Bertz CT molecular complexity index is 282. The van der Waals surface area contributed by atoms with Crippen LogP contribution in [0, 0.1) is 5.92 Å². The molecule has 0 aliphatic carbocycles. The maximum atomic E-state index is 5.89. The van der Waals surface area contributed by atoms with Crippen LogP contribution >= 0.6 is 0 Å². The van der Waals surface area contributed by atoms with Gasteiger partial charge >= 0.3 is 6.01 Å². The van der Waals surface area contributed by atoms with Crippen molar-refractivity contribution in [3.05, 3.63) is 5.89 Å². The fourth-order valence-electron chi connectivity index (χ4n) is 1.17. The van der Waals surface area contributed by atoms with Crippen LogP contribution < -0.4 is 10.6 Å². The van der Waals surface area contributed by atoms with Gasteiger partial charge in [-0.05, 0) is 12.3 Å². The summed E-state index contributed by atoms with van der Waals surface area (Å²) in [6.07, 6.45) is 0.856. The molecule has 0 radical (unpaired) electrons. The Morgan fingerprint density at radius 3 is 2.43 bits per heavy atom. The fourth-order valence-corrected chi connectivity index (χ4v) is 1.17. The molecule has 0 aliphatic rings. The van der Waals surface area contributed by atoms with Crippen LogP contribution in [0.1, 0.15) is 32.2 Å². The van der Waals surface area contributed by atoms with Crippen LogP contribution in [0.2, 0.25) is 0 Å². The molecular weight excluding hydrogens is 180 g/mol. The summed E-state index contributed by atoms with van der Waals surface area (Å²) in [6.45, 7) is 4.23. The standard InChI is InChI=1S/C9H18N4O/c1-6(2)5-7(10)8-11-12-9(14-8)13(3)4/h6-7H,5,10H2,1-4H3. The summed E-state index contributed by atoms with van der Waals surface area (Å²) < 4.78 is 5.39. The molecule has 1 rings (SSSR count). The monoisotopic (exact) mass is 198 g/mol. The van der Waals surface area contributed by atoms with Gasteiger partial charge < -0.3 is 15.1 Å². The van der Waals surface area contributed by atoms with E-state index in [2.05, 4.69) is 24.0 Å². The van der Waals surface area contributed by atoms with Crippen molar-refractivity contribution < 1.29 is 4.42 Å². The van der Waals surface area contributed by atoms with Gasteiger partial charge in [0, 0.05) is 14.1 Å². The molecule has 0 spiro atoms. The molecule has 1 heterocycles. The third-order valence-corrected chi connectivity index (χ3v) is 1.86. The lowest BCUT2D eigenvalue weighted by molar-refractivity contribution is 0.404. The maximum Gasteiger partial charge on any atom is 0.317 e. The van der Waals surface area contributed by atoms with Crippen LogP contribution in [-0.2, 0) is 0 Å². The predicted molar refractivity (Wildman–Crippen MR) is 55.0 cm³/mol. The summed E-state index contributed by atoms with van der Waals surface area (Å²) in [4.78, 5) is 1.76. The lowest BCUT2D eigenvalue weighted by Crippen LogP contribution is -2.13. The van der Waals surface area contributed by atoms with Gasteiger partial charge in [-0.25, -0.2) is 0 Å². The Labute approximate surface area is 84.3 Å². The molecule has 5 heteroatoms. The minimum atomic E-state index is -0.156. The summed E-state index contributed by atoms with van der Waals surface area (Å²) in [5.74, 6) is 1.04. The van der Waals surface area contributed by atoms with Gasteiger partial charge in [0.1, 0.15) is 0 Å². The van der Waals surface area contributed by atoms with E-state index in [1.165, 1.54) is 0 Å². The maximum absolute atomic E-state index is 5.89. The molecule has 14 heavy (non-hydrogen) atoms. The van der Waals surface area contributed by atoms with Gasteiger partial charge in [-0.15, -0.1) is 5.10 Å². The van der Waals surface area contributed by atoms with Crippen molar-refractivity contribution in [1.29, 1.82) is 0 Å². The van der Waals surface area contributed by atoms with Gasteiger partial charge in [0.15, 0.2) is 0 Å². The number of aromatic nitrogens is 2. The van der Waals surface area contributed by atoms with Crippen LogP contribution in [0.4, 0.5) is 6.01 Å². The van der Waals surface area contributed by atoms with Crippen molar-refractivity contribution in [3.8, 4) is 0 Å².